The molecular formula is C28H18Cl5F7N2O2. The van der Waals surface area contributed by atoms with Gasteiger partial charge < -0.3 is 10.6 Å². The number of anilines is 2. The van der Waals surface area contributed by atoms with Crippen LogP contribution in [0.5, 0.6) is 0 Å². The molecule has 0 aliphatic heterocycles. The van der Waals surface area contributed by atoms with Crippen LogP contribution in [0.4, 0.5) is 42.1 Å². The molecule has 0 saturated heterocycles. The zero-order chi connectivity index (χ0) is 33.2. The van der Waals surface area contributed by atoms with Crippen molar-refractivity contribution < 1.29 is 40.3 Å². The van der Waals surface area contributed by atoms with Crippen LogP contribution in [0.15, 0.2) is 48.5 Å². The van der Waals surface area contributed by atoms with Crippen molar-refractivity contribution in [1.82, 2.24) is 0 Å². The average molecular weight is 725 g/mol. The highest BCUT2D eigenvalue weighted by molar-refractivity contribution is 6.53. The molecule has 44 heavy (non-hydrogen) atoms. The van der Waals surface area contributed by atoms with Crippen LogP contribution in [-0.2, 0) is 10.5 Å². The molecular weight excluding hydrogens is 707 g/mol. The number of aryl methyl sites for hydroxylation is 2. The Kier molecular flexibility index (Phi) is 9.18. The van der Waals surface area contributed by atoms with Gasteiger partial charge in [-0.25, -0.2) is 4.39 Å². The zero-order valence-corrected chi connectivity index (χ0v) is 25.9. The Hall–Kier alpha value is -2.44. The molecule has 4 rings (SSSR count). The molecule has 2 N–H and O–H groups in total. The summed E-state index contributed by atoms with van der Waals surface area (Å²) in [5, 5.41) is 5.46. The van der Waals surface area contributed by atoms with Crippen molar-refractivity contribution in [3.05, 3.63) is 91.4 Å². The van der Waals surface area contributed by atoms with Crippen LogP contribution in [0, 0.1) is 19.8 Å². The SMILES string of the molecule is Cc1cc(C(F)(C(F)(F)F)C(F)(F)F)cc(C)c1NC(=O)c1cc(NC(=O)[C@@H]2[C@@H](c3cc(Cl)cc(Cl)c3)C2(Cl)Cl)ccc1Cl. The molecule has 16 heteroatoms. The van der Waals surface area contributed by atoms with Crippen LogP contribution >= 0.6 is 58.0 Å². The van der Waals surface area contributed by atoms with E-state index in [2.05, 4.69) is 10.6 Å². The molecule has 0 spiro atoms. The van der Waals surface area contributed by atoms with Crippen LogP contribution in [-0.4, -0.2) is 28.5 Å². The number of benzene rings is 3. The Balaban J connectivity index is 1.57. The lowest BCUT2D eigenvalue weighted by Gasteiger charge is -2.31. The second kappa shape index (κ2) is 11.7. The normalized spacial score (nSPS) is 18.1. The first-order valence-corrected chi connectivity index (χ1v) is 14.2. The first-order valence-electron chi connectivity index (χ1n) is 12.3. The van der Waals surface area contributed by atoms with E-state index in [0.717, 1.165) is 13.8 Å². The summed E-state index contributed by atoms with van der Waals surface area (Å²) in [6.45, 7) is 2.20. The molecule has 1 saturated carbocycles. The summed E-state index contributed by atoms with van der Waals surface area (Å²) in [5.74, 6) is -3.14. The Morgan fingerprint density at radius 1 is 0.773 bits per heavy atom. The van der Waals surface area contributed by atoms with E-state index < -0.39 is 51.6 Å². The van der Waals surface area contributed by atoms with Gasteiger partial charge in [0.15, 0.2) is 0 Å². The van der Waals surface area contributed by atoms with Crippen molar-refractivity contribution in [3.63, 3.8) is 0 Å². The van der Waals surface area contributed by atoms with E-state index in [-0.39, 0.29) is 33.1 Å². The number of rotatable bonds is 6. The summed E-state index contributed by atoms with van der Waals surface area (Å²) in [7, 11) is 0. The minimum atomic E-state index is -6.30. The van der Waals surface area contributed by atoms with Gasteiger partial charge in [0.2, 0.25) is 5.91 Å². The molecule has 0 unspecified atom stereocenters. The first-order chi connectivity index (χ1) is 20.1. The number of hydrogen-bond donors (Lipinski definition) is 2. The number of carbonyl (C=O) groups excluding carboxylic acids is 2. The number of halogens is 12. The summed E-state index contributed by atoms with van der Waals surface area (Å²) in [5.41, 5.74) is -7.68. The third-order valence-electron chi connectivity index (χ3n) is 7.01. The highest BCUT2D eigenvalue weighted by atomic mass is 35.5. The molecule has 0 heterocycles. The molecule has 1 aliphatic rings. The monoisotopic (exact) mass is 722 g/mol. The lowest BCUT2D eigenvalue weighted by Crippen LogP contribution is -2.50. The number of carbonyl (C=O) groups is 2. The Bertz CT molecular complexity index is 1600. The predicted molar refractivity (Wildman–Crippen MR) is 156 cm³/mol. The minimum Gasteiger partial charge on any atom is -0.326 e. The van der Waals surface area contributed by atoms with E-state index in [0.29, 0.717) is 27.7 Å². The van der Waals surface area contributed by atoms with Gasteiger partial charge >= 0.3 is 18.0 Å². The van der Waals surface area contributed by atoms with Crippen molar-refractivity contribution in [2.45, 2.75) is 42.1 Å². The highest BCUT2D eigenvalue weighted by Crippen LogP contribution is 2.65. The Morgan fingerprint density at radius 2 is 1.30 bits per heavy atom. The van der Waals surface area contributed by atoms with E-state index in [1.165, 1.54) is 24.3 Å². The second-order valence-electron chi connectivity index (χ2n) is 10.1. The number of hydrogen-bond acceptors (Lipinski definition) is 2. The summed E-state index contributed by atoms with van der Waals surface area (Å²) in [6.07, 6.45) is -12.6. The smallest absolute Gasteiger partial charge is 0.326 e. The quantitative estimate of drug-likeness (QED) is 0.196. The van der Waals surface area contributed by atoms with E-state index in [1.807, 2.05) is 0 Å². The largest absolute Gasteiger partial charge is 0.435 e. The van der Waals surface area contributed by atoms with Gasteiger partial charge in [0.25, 0.3) is 5.91 Å². The number of amides is 2. The van der Waals surface area contributed by atoms with Crippen molar-refractivity contribution in [3.8, 4) is 0 Å². The molecule has 1 aliphatic carbocycles. The molecule has 2 amide bonds. The minimum absolute atomic E-state index is 0.0878. The van der Waals surface area contributed by atoms with Crippen molar-refractivity contribution in [2.24, 2.45) is 5.92 Å². The van der Waals surface area contributed by atoms with Gasteiger partial charge in [0, 0.05) is 32.9 Å². The molecule has 236 valence electrons. The number of nitrogens with one attached hydrogen (secondary N) is 2. The maximum Gasteiger partial charge on any atom is 0.435 e. The van der Waals surface area contributed by atoms with Crippen molar-refractivity contribution in [2.75, 3.05) is 10.6 Å². The molecule has 2 atom stereocenters. The van der Waals surface area contributed by atoms with Gasteiger partial charge in [-0.1, -0.05) is 46.9 Å². The lowest BCUT2D eigenvalue weighted by atomic mass is 9.90. The van der Waals surface area contributed by atoms with Crippen LogP contribution in [0.1, 0.15) is 38.5 Å². The molecule has 4 nitrogen and oxygen atoms in total. The fraction of sp³-hybridized carbons (Fsp3) is 0.286. The zero-order valence-electron chi connectivity index (χ0n) is 22.1. The van der Waals surface area contributed by atoms with Crippen LogP contribution in [0.25, 0.3) is 0 Å². The van der Waals surface area contributed by atoms with Crippen molar-refractivity contribution in [1.29, 1.82) is 0 Å². The Labute approximate surface area is 270 Å². The maximum atomic E-state index is 14.6. The second-order valence-corrected chi connectivity index (χ2v) is 12.8. The Morgan fingerprint density at radius 3 is 1.80 bits per heavy atom. The van der Waals surface area contributed by atoms with Gasteiger partial charge in [-0.3, -0.25) is 9.59 Å². The molecule has 0 bridgehead atoms. The van der Waals surface area contributed by atoms with Gasteiger partial charge in [0.1, 0.15) is 4.33 Å². The average Bonchev–Trinajstić information content (AvgIpc) is 3.46. The third kappa shape index (κ3) is 6.31. The van der Waals surface area contributed by atoms with Gasteiger partial charge in [-0.2, -0.15) is 26.3 Å². The third-order valence-corrected chi connectivity index (χ3v) is 8.72. The molecule has 0 radical (unpaired) electrons. The van der Waals surface area contributed by atoms with E-state index >= 15 is 0 Å². The van der Waals surface area contributed by atoms with Gasteiger partial charge in [0.05, 0.1) is 16.5 Å². The van der Waals surface area contributed by atoms with Crippen LogP contribution in [0.2, 0.25) is 15.1 Å². The summed E-state index contributed by atoms with van der Waals surface area (Å²) < 4.78 is 92.6. The standard InChI is InChI=1S/C28H18Cl5F7N2O2/c1-11-5-14(26(34,27(35,36)37)28(38,39)40)6-12(2)22(11)42-23(43)18-10-17(3-4-19(18)31)41-24(44)21-20(25(21,32)33)13-7-15(29)9-16(30)8-13/h3-10,20-21H,1-2H3,(H,41,44)(H,42,43)/t20-,21+/m1/s1. The highest BCUT2D eigenvalue weighted by Gasteiger charge is 2.73. The van der Waals surface area contributed by atoms with Crippen LogP contribution < -0.4 is 10.6 Å². The van der Waals surface area contributed by atoms with E-state index in [4.69, 9.17) is 58.0 Å². The van der Waals surface area contributed by atoms with E-state index in [1.54, 1.807) is 12.1 Å². The molecule has 0 aromatic heterocycles. The van der Waals surface area contributed by atoms with Crippen LogP contribution in [0.3, 0.4) is 0 Å². The predicted octanol–water partition coefficient (Wildman–Crippen LogP) is 10.3. The fourth-order valence-corrected chi connectivity index (χ4v) is 6.42. The maximum absolute atomic E-state index is 14.6. The van der Waals surface area contributed by atoms with E-state index in [9.17, 15) is 40.3 Å². The topological polar surface area (TPSA) is 58.2 Å². The summed E-state index contributed by atoms with van der Waals surface area (Å²) in [4.78, 5) is 26.2. The summed E-state index contributed by atoms with van der Waals surface area (Å²) in [6, 6.07) is 9.15. The molecule has 1 fully saturated rings. The number of alkyl halides is 9. The van der Waals surface area contributed by atoms with Gasteiger partial charge in [-0.15, -0.1) is 23.2 Å². The van der Waals surface area contributed by atoms with Crippen molar-refractivity contribution >= 4 is 81.2 Å². The molecule has 3 aromatic carbocycles. The lowest BCUT2D eigenvalue weighted by molar-refractivity contribution is -0.348. The fourth-order valence-electron chi connectivity index (χ4n) is 4.85. The summed E-state index contributed by atoms with van der Waals surface area (Å²) >= 11 is 31.0. The van der Waals surface area contributed by atoms with Gasteiger partial charge in [-0.05, 0) is 66.9 Å². The molecule has 3 aromatic rings. The first kappa shape index (κ1) is 34.4.